The average molecular weight is 279 g/mol. The molecule has 0 aromatic rings. The maximum atomic E-state index is 11.9. The molecular weight excluding hydrogens is 250 g/mol. The first kappa shape index (κ1) is 17.9. The molecule has 0 aliphatic rings. The van der Waals surface area contributed by atoms with Crippen LogP contribution in [0.15, 0.2) is 0 Å². The van der Waals surface area contributed by atoms with E-state index in [9.17, 15) is 8.42 Å². The van der Waals surface area contributed by atoms with Crippen LogP contribution in [0.3, 0.4) is 0 Å². The van der Waals surface area contributed by atoms with E-state index in [1.807, 2.05) is 27.7 Å². The first-order valence-electron chi connectivity index (χ1n) is 6.81. The molecule has 0 aliphatic carbocycles. The van der Waals surface area contributed by atoms with Crippen LogP contribution >= 0.6 is 0 Å². The fourth-order valence-corrected chi connectivity index (χ4v) is 3.09. The lowest BCUT2D eigenvalue weighted by Gasteiger charge is -2.16. The largest absolute Gasteiger partial charge is 0.379 e. The summed E-state index contributed by atoms with van der Waals surface area (Å²) in [5.41, 5.74) is 0. The molecule has 18 heavy (non-hydrogen) atoms. The minimum Gasteiger partial charge on any atom is -0.379 e. The molecule has 0 amide bonds. The van der Waals surface area contributed by atoms with Crippen LogP contribution in [0.1, 0.15) is 41.0 Å². The number of rotatable bonds is 10. The highest BCUT2D eigenvalue weighted by Gasteiger charge is 2.22. The van der Waals surface area contributed by atoms with Gasteiger partial charge in [0.05, 0.1) is 17.1 Å². The van der Waals surface area contributed by atoms with E-state index in [0.717, 1.165) is 19.6 Å². The zero-order valence-electron chi connectivity index (χ0n) is 12.4. The molecule has 1 unspecified atom stereocenters. The molecule has 0 saturated carbocycles. The van der Waals surface area contributed by atoms with Crippen LogP contribution in [0.25, 0.3) is 0 Å². The summed E-state index contributed by atoms with van der Waals surface area (Å²) in [5, 5.41) is 2.89. The Kier molecular flexibility index (Phi) is 8.82. The summed E-state index contributed by atoms with van der Waals surface area (Å²) in [6.07, 6.45) is 1.18. The molecule has 4 nitrogen and oxygen atoms in total. The predicted octanol–water partition coefficient (Wildman–Crippen LogP) is 1.85. The van der Waals surface area contributed by atoms with E-state index in [-0.39, 0.29) is 23.0 Å². The maximum Gasteiger partial charge on any atom is 0.154 e. The van der Waals surface area contributed by atoms with Crippen molar-refractivity contribution in [3.05, 3.63) is 0 Å². The number of sulfone groups is 1. The van der Waals surface area contributed by atoms with Crippen molar-refractivity contribution < 1.29 is 13.2 Å². The third-order valence-corrected chi connectivity index (χ3v) is 5.47. The first-order valence-corrected chi connectivity index (χ1v) is 8.52. The number of hydrogen-bond donors (Lipinski definition) is 1. The minimum atomic E-state index is -2.96. The highest BCUT2D eigenvalue weighted by molar-refractivity contribution is 7.92. The molecule has 0 aromatic carbocycles. The summed E-state index contributed by atoms with van der Waals surface area (Å²) >= 11 is 0. The van der Waals surface area contributed by atoms with Gasteiger partial charge in [0.25, 0.3) is 0 Å². The monoisotopic (exact) mass is 279 g/mol. The van der Waals surface area contributed by atoms with Gasteiger partial charge >= 0.3 is 0 Å². The van der Waals surface area contributed by atoms with Crippen molar-refractivity contribution in [3.8, 4) is 0 Å². The van der Waals surface area contributed by atoms with Crippen LogP contribution in [0.4, 0.5) is 0 Å². The summed E-state index contributed by atoms with van der Waals surface area (Å²) in [5.74, 6) is 0.395. The lowest BCUT2D eigenvalue weighted by molar-refractivity contribution is 0.0772. The molecule has 1 atom stereocenters. The molecule has 5 heteroatoms. The zero-order chi connectivity index (χ0) is 14.2. The highest BCUT2D eigenvalue weighted by Crippen LogP contribution is 2.11. The van der Waals surface area contributed by atoms with Gasteiger partial charge < -0.3 is 10.1 Å². The molecule has 0 rings (SSSR count). The molecule has 0 fully saturated rings. The molecule has 1 N–H and O–H groups in total. The Hall–Kier alpha value is -0.130. The van der Waals surface area contributed by atoms with Crippen molar-refractivity contribution in [3.63, 3.8) is 0 Å². The fraction of sp³-hybridized carbons (Fsp3) is 1.00. The smallest absolute Gasteiger partial charge is 0.154 e. The molecule has 0 saturated heterocycles. The van der Waals surface area contributed by atoms with Gasteiger partial charge in [-0.15, -0.1) is 0 Å². The predicted molar refractivity (Wildman–Crippen MR) is 76.7 cm³/mol. The molecule has 0 heterocycles. The van der Waals surface area contributed by atoms with Gasteiger partial charge in [0.15, 0.2) is 9.84 Å². The fourth-order valence-electron chi connectivity index (χ4n) is 1.46. The average Bonchev–Trinajstić information content (AvgIpc) is 2.26. The van der Waals surface area contributed by atoms with Gasteiger partial charge in [-0.2, -0.15) is 0 Å². The van der Waals surface area contributed by atoms with Gasteiger partial charge in [0, 0.05) is 13.2 Å². The summed E-state index contributed by atoms with van der Waals surface area (Å²) in [4.78, 5) is 0. The van der Waals surface area contributed by atoms with Crippen LogP contribution in [0.2, 0.25) is 0 Å². The Balaban J connectivity index is 3.66. The SMILES string of the molecule is CC(C)OCCCNCCS(=O)(=O)C(C)C(C)C. The second-order valence-electron chi connectivity index (χ2n) is 5.34. The van der Waals surface area contributed by atoms with Crippen LogP contribution < -0.4 is 5.32 Å². The Labute approximate surface area is 112 Å². The van der Waals surface area contributed by atoms with Crippen molar-refractivity contribution in [2.75, 3.05) is 25.4 Å². The third-order valence-electron chi connectivity index (χ3n) is 3.02. The van der Waals surface area contributed by atoms with Crippen molar-refractivity contribution >= 4 is 9.84 Å². The van der Waals surface area contributed by atoms with Crippen molar-refractivity contribution in [2.45, 2.75) is 52.4 Å². The van der Waals surface area contributed by atoms with Gasteiger partial charge in [-0.3, -0.25) is 0 Å². The quantitative estimate of drug-likeness (QED) is 0.620. The second-order valence-corrected chi connectivity index (χ2v) is 7.82. The molecule has 0 bridgehead atoms. The van der Waals surface area contributed by atoms with Crippen molar-refractivity contribution in [1.82, 2.24) is 5.32 Å². The topological polar surface area (TPSA) is 55.4 Å². The van der Waals surface area contributed by atoms with Crippen LogP contribution in [0.5, 0.6) is 0 Å². The van der Waals surface area contributed by atoms with Gasteiger partial charge in [0.2, 0.25) is 0 Å². The molecule has 0 spiro atoms. The van der Waals surface area contributed by atoms with Crippen LogP contribution in [0, 0.1) is 5.92 Å². The van der Waals surface area contributed by atoms with E-state index in [1.54, 1.807) is 6.92 Å². The first-order chi connectivity index (χ1) is 8.27. The van der Waals surface area contributed by atoms with Gasteiger partial charge in [-0.05, 0) is 39.7 Å². The van der Waals surface area contributed by atoms with Crippen LogP contribution in [-0.2, 0) is 14.6 Å². The lowest BCUT2D eigenvalue weighted by atomic mass is 10.2. The number of hydrogen-bond acceptors (Lipinski definition) is 4. The summed E-state index contributed by atoms with van der Waals surface area (Å²) < 4.78 is 29.2. The Bertz CT molecular complexity index is 299. The van der Waals surface area contributed by atoms with Gasteiger partial charge in [0.1, 0.15) is 0 Å². The van der Waals surface area contributed by atoms with E-state index in [1.165, 1.54) is 0 Å². The molecule has 0 radical (unpaired) electrons. The van der Waals surface area contributed by atoms with Gasteiger partial charge in [-0.1, -0.05) is 13.8 Å². The number of nitrogens with one attached hydrogen (secondary N) is 1. The van der Waals surface area contributed by atoms with E-state index < -0.39 is 9.84 Å². The Morgan fingerprint density at radius 3 is 2.17 bits per heavy atom. The van der Waals surface area contributed by atoms with Crippen molar-refractivity contribution in [2.24, 2.45) is 5.92 Å². The second kappa shape index (κ2) is 8.88. The maximum absolute atomic E-state index is 11.9. The van der Waals surface area contributed by atoms with E-state index in [0.29, 0.717) is 6.54 Å². The Morgan fingerprint density at radius 2 is 1.67 bits per heavy atom. The van der Waals surface area contributed by atoms with E-state index in [4.69, 9.17) is 4.74 Å². The summed E-state index contributed by atoms with van der Waals surface area (Å²) in [6.45, 7) is 11.7. The molecular formula is C13H29NO3S. The van der Waals surface area contributed by atoms with E-state index >= 15 is 0 Å². The van der Waals surface area contributed by atoms with Gasteiger partial charge in [-0.25, -0.2) is 8.42 Å². The zero-order valence-corrected chi connectivity index (χ0v) is 13.2. The Morgan fingerprint density at radius 1 is 1.06 bits per heavy atom. The third kappa shape index (κ3) is 8.06. The van der Waals surface area contributed by atoms with Crippen molar-refractivity contribution in [1.29, 1.82) is 0 Å². The minimum absolute atomic E-state index is 0.175. The highest BCUT2D eigenvalue weighted by atomic mass is 32.2. The molecule has 0 aliphatic heterocycles. The molecule has 110 valence electrons. The molecule has 0 aromatic heterocycles. The van der Waals surface area contributed by atoms with E-state index in [2.05, 4.69) is 5.32 Å². The normalized spacial score (nSPS) is 14.4. The standard InChI is InChI=1S/C13H29NO3S/c1-11(2)13(5)18(15,16)10-8-14-7-6-9-17-12(3)4/h11-14H,6-10H2,1-5H3. The summed E-state index contributed by atoms with van der Waals surface area (Å²) in [6, 6.07) is 0. The number of ether oxygens (including phenoxy) is 1. The lowest BCUT2D eigenvalue weighted by Crippen LogP contribution is -2.32. The summed E-state index contributed by atoms with van der Waals surface area (Å²) in [7, 11) is -2.96. The van der Waals surface area contributed by atoms with Crippen LogP contribution in [-0.4, -0.2) is 45.2 Å².